The van der Waals surface area contributed by atoms with E-state index in [0.29, 0.717) is 12.1 Å². The monoisotopic (exact) mass is 279 g/mol. The maximum Gasteiger partial charge on any atom is 0.328 e. The van der Waals surface area contributed by atoms with Gasteiger partial charge in [0.1, 0.15) is 0 Å². The first-order valence-electron chi connectivity index (χ1n) is 6.85. The zero-order valence-electron chi connectivity index (χ0n) is 11.5. The van der Waals surface area contributed by atoms with Gasteiger partial charge in [0.15, 0.2) is 0 Å². The molecule has 1 fully saturated rings. The number of carboxylic acid groups (broad SMARTS) is 1. The fraction of sp³-hybridized carbons (Fsp3) is 0.533. The van der Waals surface area contributed by atoms with Crippen molar-refractivity contribution >= 4 is 23.4 Å². The molecule has 1 saturated heterocycles. The summed E-state index contributed by atoms with van der Waals surface area (Å²) in [5, 5.41) is 10.8. The van der Waals surface area contributed by atoms with Crippen LogP contribution < -0.4 is 0 Å². The third kappa shape index (κ3) is 3.45. The van der Waals surface area contributed by atoms with E-state index in [1.165, 1.54) is 30.2 Å². The minimum absolute atomic E-state index is 0.628. The fourth-order valence-electron chi connectivity index (χ4n) is 2.80. The molecule has 0 radical (unpaired) electrons. The second-order valence-electron chi connectivity index (χ2n) is 5.13. The molecule has 0 bridgehead atoms. The SMILES string of the molecule is CCC1CCC(C)N1Cc1sccc1/C=C/C(=O)O. The van der Waals surface area contributed by atoms with Crippen LogP contribution in [0.5, 0.6) is 0 Å². The van der Waals surface area contributed by atoms with Crippen molar-refractivity contribution in [2.24, 2.45) is 0 Å². The van der Waals surface area contributed by atoms with Crippen molar-refractivity contribution < 1.29 is 9.90 Å². The topological polar surface area (TPSA) is 40.5 Å². The number of thiophene rings is 1. The maximum atomic E-state index is 10.6. The highest BCUT2D eigenvalue weighted by Crippen LogP contribution is 2.30. The molecule has 4 heteroatoms. The summed E-state index contributed by atoms with van der Waals surface area (Å²) < 4.78 is 0. The molecule has 2 unspecified atom stereocenters. The Hall–Kier alpha value is -1.13. The molecule has 0 aromatic carbocycles. The summed E-state index contributed by atoms with van der Waals surface area (Å²) in [5.41, 5.74) is 1.04. The largest absolute Gasteiger partial charge is 0.478 e. The first-order valence-corrected chi connectivity index (χ1v) is 7.73. The van der Waals surface area contributed by atoms with E-state index in [9.17, 15) is 4.79 Å². The second-order valence-corrected chi connectivity index (χ2v) is 6.13. The van der Waals surface area contributed by atoms with Crippen LogP contribution in [0.25, 0.3) is 6.08 Å². The predicted molar refractivity (Wildman–Crippen MR) is 79.3 cm³/mol. The van der Waals surface area contributed by atoms with Crippen LogP contribution >= 0.6 is 11.3 Å². The molecule has 0 aliphatic carbocycles. The third-order valence-corrected chi connectivity index (χ3v) is 4.86. The normalized spacial score (nSPS) is 24.3. The maximum absolute atomic E-state index is 10.6. The van der Waals surface area contributed by atoms with Crippen LogP contribution in [0, 0.1) is 0 Å². The summed E-state index contributed by atoms with van der Waals surface area (Å²) in [7, 11) is 0. The third-order valence-electron chi connectivity index (χ3n) is 3.94. The van der Waals surface area contributed by atoms with Gasteiger partial charge in [-0.15, -0.1) is 11.3 Å². The van der Waals surface area contributed by atoms with Gasteiger partial charge in [-0.25, -0.2) is 4.79 Å². The Morgan fingerprint density at radius 3 is 3.05 bits per heavy atom. The Morgan fingerprint density at radius 2 is 2.37 bits per heavy atom. The van der Waals surface area contributed by atoms with Gasteiger partial charge in [-0.2, -0.15) is 0 Å². The molecule has 3 nitrogen and oxygen atoms in total. The lowest BCUT2D eigenvalue weighted by molar-refractivity contribution is -0.131. The Labute approximate surface area is 118 Å². The average Bonchev–Trinajstić information content (AvgIpc) is 2.95. The number of aliphatic carboxylic acids is 1. The van der Waals surface area contributed by atoms with Gasteiger partial charge in [0.25, 0.3) is 0 Å². The lowest BCUT2D eigenvalue weighted by atomic mass is 10.1. The quantitative estimate of drug-likeness (QED) is 0.837. The van der Waals surface area contributed by atoms with Gasteiger partial charge in [0.05, 0.1) is 0 Å². The fourth-order valence-corrected chi connectivity index (χ4v) is 3.68. The predicted octanol–water partition coefficient (Wildman–Crippen LogP) is 3.61. The van der Waals surface area contributed by atoms with E-state index in [-0.39, 0.29) is 0 Å². The molecule has 2 heterocycles. The van der Waals surface area contributed by atoms with Gasteiger partial charge < -0.3 is 5.11 Å². The summed E-state index contributed by atoms with van der Waals surface area (Å²) in [6.45, 7) is 5.47. The van der Waals surface area contributed by atoms with Crippen LogP contribution in [0.1, 0.15) is 43.6 Å². The van der Waals surface area contributed by atoms with E-state index in [1.54, 1.807) is 17.4 Å². The van der Waals surface area contributed by atoms with Gasteiger partial charge in [-0.3, -0.25) is 4.90 Å². The van der Waals surface area contributed by atoms with Crippen LogP contribution in [0.3, 0.4) is 0 Å². The summed E-state index contributed by atoms with van der Waals surface area (Å²) >= 11 is 1.72. The highest BCUT2D eigenvalue weighted by molar-refractivity contribution is 7.10. The van der Waals surface area contributed by atoms with Crippen LogP contribution in [0.15, 0.2) is 17.5 Å². The van der Waals surface area contributed by atoms with E-state index >= 15 is 0 Å². The molecule has 1 aromatic rings. The molecule has 1 aliphatic rings. The van der Waals surface area contributed by atoms with Gasteiger partial charge in [0.2, 0.25) is 0 Å². The van der Waals surface area contributed by atoms with Gasteiger partial charge >= 0.3 is 5.97 Å². The van der Waals surface area contributed by atoms with Crippen LogP contribution in [0.2, 0.25) is 0 Å². The molecule has 1 N–H and O–H groups in total. The van der Waals surface area contributed by atoms with Gasteiger partial charge in [-0.05, 0) is 49.3 Å². The number of hydrogen-bond acceptors (Lipinski definition) is 3. The Bertz CT molecular complexity index is 466. The first kappa shape index (κ1) is 14.3. The van der Waals surface area contributed by atoms with Crippen LogP contribution in [-0.4, -0.2) is 28.1 Å². The minimum Gasteiger partial charge on any atom is -0.478 e. The number of carbonyl (C=O) groups is 1. The molecule has 2 atom stereocenters. The number of nitrogens with zero attached hydrogens (tertiary/aromatic N) is 1. The Morgan fingerprint density at radius 1 is 1.58 bits per heavy atom. The summed E-state index contributed by atoms with van der Waals surface area (Å²) in [5.74, 6) is -0.891. The second kappa shape index (κ2) is 6.35. The Balaban J connectivity index is 2.10. The summed E-state index contributed by atoms with van der Waals surface area (Å²) in [6, 6.07) is 3.30. The molecule has 1 aromatic heterocycles. The molecule has 0 spiro atoms. The number of hydrogen-bond donors (Lipinski definition) is 1. The highest BCUT2D eigenvalue weighted by Gasteiger charge is 2.29. The zero-order valence-corrected chi connectivity index (χ0v) is 12.3. The minimum atomic E-state index is -0.891. The van der Waals surface area contributed by atoms with E-state index in [0.717, 1.165) is 12.1 Å². The molecule has 0 amide bonds. The number of likely N-dealkylation sites (tertiary alicyclic amines) is 1. The van der Waals surface area contributed by atoms with Crippen molar-refractivity contribution in [2.75, 3.05) is 0 Å². The zero-order chi connectivity index (χ0) is 13.8. The lowest BCUT2D eigenvalue weighted by Crippen LogP contribution is -2.33. The van der Waals surface area contributed by atoms with Crippen LogP contribution in [-0.2, 0) is 11.3 Å². The Kier molecular flexibility index (Phi) is 4.77. The van der Waals surface area contributed by atoms with Gasteiger partial charge in [-0.1, -0.05) is 6.92 Å². The van der Waals surface area contributed by atoms with Gasteiger partial charge in [0, 0.05) is 29.6 Å². The molecule has 0 saturated carbocycles. The number of rotatable bonds is 5. The van der Waals surface area contributed by atoms with Crippen molar-refractivity contribution in [3.05, 3.63) is 28.0 Å². The summed E-state index contributed by atoms with van der Waals surface area (Å²) in [4.78, 5) is 14.4. The molecule has 1 aliphatic heterocycles. The molecule has 19 heavy (non-hydrogen) atoms. The lowest BCUT2D eigenvalue weighted by Gasteiger charge is -2.27. The van der Waals surface area contributed by atoms with Crippen molar-refractivity contribution in [2.45, 2.75) is 51.7 Å². The van der Waals surface area contributed by atoms with Crippen molar-refractivity contribution in [3.8, 4) is 0 Å². The van der Waals surface area contributed by atoms with Crippen molar-refractivity contribution in [1.82, 2.24) is 4.90 Å². The molecular weight excluding hydrogens is 258 g/mol. The standard InChI is InChI=1S/C15H21NO2S/c1-3-13-6-4-11(2)16(13)10-14-12(8-9-19-14)5-7-15(17)18/h5,7-9,11,13H,3-4,6,10H2,1-2H3,(H,17,18)/b7-5+. The first-order chi connectivity index (χ1) is 9.11. The average molecular weight is 279 g/mol. The number of carboxylic acids is 1. The van der Waals surface area contributed by atoms with E-state index in [4.69, 9.17) is 5.11 Å². The van der Waals surface area contributed by atoms with Crippen molar-refractivity contribution in [1.29, 1.82) is 0 Å². The van der Waals surface area contributed by atoms with E-state index in [1.807, 2.05) is 11.4 Å². The summed E-state index contributed by atoms with van der Waals surface area (Å²) in [6.07, 6.45) is 6.66. The highest BCUT2D eigenvalue weighted by atomic mass is 32.1. The molecule has 2 rings (SSSR count). The van der Waals surface area contributed by atoms with Crippen LogP contribution in [0.4, 0.5) is 0 Å². The van der Waals surface area contributed by atoms with E-state index < -0.39 is 5.97 Å². The van der Waals surface area contributed by atoms with Crippen molar-refractivity contribution in [3.63, 3.8) is 0 Å². The molecular formula is C15H21NO2S. The smallest absolute Gasteiger partial charge is 0.328 e. The van der Waals surface area contributed by atoms with E-state index in [2.05, 4.69) is 18.7 Å². The molecule has 104 valence electrons.